The molecule has 0 aliphatic heterocycles. The smallest absolute Gasteiger partial charge is 0.126 e. The van der Waals surface area contributed by atoms with Crippen LogP contribution >= 0.6 is 66.5 Å². The summed E-state index contributed by atoms with van der Waals surface area (Å²) in [5.74, 6) is 0. The van der Waals surface area contributed by atoms with E-state index in [2.05, 4.69) is 6.92 Å². The first-order chi connectivity index (χ1) is 15.2. The highest BCUT2D eigenvalue weighted by molar-refractivity contribution is 7.75. The van der Waals surface area contributed by atoms with Gasteiger partial charge in [-0.15, -0.1) is 66.5 Å². The molecule has 0 amide bonds. The molecule has 0 unspecified atom stereocenters. The van der Waals surface area contributed by atoms with Crippen LogP contribution in [-0.2, 0) is 0 Å². The van der Waals surface area contributed by atoms with Crippen molar-refractivity contribution in [2.75, 3.05) is 0 Å². The molecule has 0 bridgehead atoms. The van der Waals surface area contributed by atoms with E-state index in [1.807, 2.05) is 0 Å². The van der Waals surface area contributed by atoms with Gasteiger partial charge in [0.2, 0.25) is 0 Å². The summed E-state index contributed by atoms with van der Waals surface area (Å²) in [6.45, 7) is 2.29. The molecular weight excluding hydrogens is 557 g/mol. The van der Waals surface area contributed by atoms with Crippen LogP contribution in [0.4, 0.5) is 0 Å². The lowest BCUT2D eigenvalue weighted by Crippen LogP contribution is -2.34. The van der Waals surface area contributed by atoms with Crippen molar-refractivity contribution in [3.63, 3.8) is 0 Å². The third-order valence-electron chi connectivity index (χ3n) is 6.39. The maximum absolute atomic E-state index is 6.13. The predicted octanol–water partition coefficient (Wildman–Crippen LogP) is 12.8. The lowest BCUT2D eigenvalue weighted by Gasteiger charge is -2.26. The van der Waals surface area contributed by atoms with Gasteiger partial charge in [-0.1, -0.05) is 142 Å². The number of hydrogen-bond donors (Lipinski definition) is 0. The molecule has 0 fully saturated rings. The molecule has 0 heterocycles. The Balaban J connectivity index is 3.30. The molecule has 0 aliphatic carbocycles. The van der Waals surface area contributed by atoms with Gasteiger partial charge in [0.15, 0.2) is 0 Å². The summed E-state index contributed by atoms with van der Waals surface area (Å²) in [4.78, 5) is 0. The van der Waals surface area contributed by atoms with Gasteiger partial charge in [-0.3, -0.25) is 0 Å². The van der Waals surface area contributed by atoms with Crippen LogP contribution in [0.5, 0.6) is 0 Å². The Bertz CT molecular complexity index is 385. The molecule has 0 aromatic heterocycles. The zero-order valence-electron chi connectivity index (χ0n) is 20.4. The van der Waals surface area contributed by atoms with Crippen molar-refractivity contribution >= 4 is 78.5 Å². The Hall–Kier alpha value is 2.17. The normalized spacial score (nSPS) is 12.8. The summed E-state index contributed by atoms with van der Waals surface area (Å²) < 4.78 is 0. The zero-order valence-corrected chi connectivity index (χ0v) is 26.9. The van der Waals surface area contributed by atoms with Crippen LogP contribution in [-0.4, -0.2) is 12.0 Å². The number of rotatable bonds is 24. The van der Waals surface area contributed by atoms with Gasteiger partial charge in [-0.05, 0) is 6.42 Å². The highest BCUT2D eigenvalue weighted by Crippen LogP contribution is 2.49. The van der Waals surface area contributed by atoms with Crippen LogP contribution in [0.2, 0.25) is 5.16 Å². The van der Waals surface area contributed by atoms with E-state index in [4.69, 9.17) is 66.5 Å². The van der Waals surface area contributed by atoms with E-state index >= 15 is 0 Å². The van der Waals surface area contributed by atoms with Gasteiger partial charge in [0, 0.05) is 5.16 Å². The van der Waals surface area contributed by atoms with Gasteiger partial charge in [0.25, 0.3) is 0 Å². The van der Waals surface area contributed by atoms with Gasteiger partial charge >= 0.3 is 12.0 Å². The average Bonchev–Trinajstić information content (AvgIpc) is 2.70. The minimum Gasteiger partial charge on any atom is -0.126 e. The SMILES string of the molecule is CCCCCCCCCCCCCCCCCCCCCCCC([Si](Cl)(Cl)Cl)[Si](Cl)(Cl)Cl. The van der Waals surface area contributed by atoms with Crippen LogP contribution in [0.15, 0.2) is 0 Å². The van der Waals surface area contributed by atoms with E-state index in [0.29, 0.717) is 0 Å². The second kappa shape index (κ2) is 22.4. The van der Waals surface area contributed by atoms with E-state index in [1.54, 1.807) is 0 Å². The van der Waals surface area contributed by atoms with E-state index in [-0.39, 0.29) is 5.16 Å². The highest BCUT2D eigenvalue weighted by Gasteiger charge is 2.50. The van der Waals surface area contributed by atoms with Crippen LogP contribution in [0.25, 0.3) is 0 Å². The second-order valence-electron chi connectivity index (χ2n) is 9.50. The molecule has 8 heteroatoms. The molecule has 0 rings (SSSR count). The minimum absolute atomic E-state index is 0.301. The zero-order chi connectivity index (χ0) is 24.1. The van der Waals surface area contributed by atoms with Crippen molar-refractivity contribution in [2.45, 2.75) is 153 Å². The largest absolute Gasteiger partial charge is 0.345 e. The van der Waals surface area contributed by atoms with Crippen LogP contribution < -0.4 is 0 Å². The van der Waals surface area contributed by atoms with Crippen LogP contribution in [0, 0.1) is 0 Å². The van der Waals surface area contributed by atoms with Crippen LogP contribution in [0.1, 0.15) is 148 Å². The molecule has 0 nitrogen and oxygen atoms in total. The van der Waals surface area contributed by atoms with E-state index in [9.17, 15) is 0 Å². The summed E-state index contributed by atoms with van der Waals surface area (Å²) in [5, 5.41) is -0.301. The molecule has 0 N–H and O–H groups in total. The Morgan fingerprint density at radius 1 is 0.375 bits per heavy atom. The van der Waals surface area contributed by atoms with Crippen molar-refractivity contribution < 1.29 is 0 Å². The van der Waals surface area contributed by atoms with Crippen molar-refractivity contribution in [1.82, 2.24) is 0 Å². The van der Waals surface area contributed by atoms with Crippen molar-refractivity contribution in [2.24, 2.45) is 0 Å². The molecule has 0 aromatic rings. The molecule has 0 spiro atoms. The molecule has 0 aromatic carbocycles. The predicted molar refractivity (Wildman–Crippen MR) is 158 cm³/mol. The molecule has 0 aliphatic rings. The summed E-state index contributed by atoms with van der Waals surface area (Å²) in [6.07, 6.45) is 29.5. The molecule has 0 atom stereocenters. The van der Waals surface area contributed by atoms with Gasteiger partial charge in [-0.25, -0.2) is 0 Å². The summed E-state index contributed by atoms with van der Waals surface area (Å²) >= 11 is 36.8. The lowest BCUT2D eigenvalue weighted by molar-refractivity contribution is 0.519. The summed E-state index contributed by atoms with van der Waals surface area (Å²) in [6, 6.07) is -5.91. The minimum atomic E-state index is -2.96. The Morgan fingerprint density at radius 3 is 0.812 bits per heavy atom. The maximum atomic E-state index is 6.13. The quantitative estimate of drug-likeness (QED) is 0.0583. The van der Waals surface area contributed by atoms with Gasteiger partial charge < -0.3 is 0 Å². The molecule has 194 valence electrons. The fourth-order valence-corrected chi connectivity index (χ4v) is 22.2. The van der Waals surface area contributed by atoms with E-state index < -0.39 is 12.0 Å². The molecule has 0 radical (unpaired) electrons. The van der Waals surface area contributed by atoms with Crippen molar-refractivity contribution in [3.8, 4) is 0 Å². The number of unbranched alkanes of at least 4 members (excludes halogenated alkanes) is 20. The fraction of sp³-hybridized carbons (Fsp3) is 1.00. The lowest BCUT2D eigenvalue weighted by atomic mass is 10.0. The van der Waals surface area contributed by atoms with E-state index in [1.165, 1.54) is 122 Å². The molecule has 32 heavy (non-hydrogen) atoms. The number of hydrogen-bond acceptors (Lipinski definition) is 0. The first-order valence-electron chi connectivity index (χ1n) is 13.3. The molecule has 0 saturated heterocycles. The monoisotopic (exact) mass is 602 g/mol. The third-order valence-corrected chi connectivity index (χ3v) is 19.2. The first kappa shape index (κ1) is 34.2. The Labute approximate surface area is 230 Å². The van der Waals surface area contributed by atoms with Gasteiger partial charge in [-0.2, -0.15) is 0 Å². The van der Waals surface area contributed by atoms with Gasteiger partial charge in [0.05, 0.1) is 0 Å². The first-order valence-corrected chi connectivity index (χ1v) is 23.6. The maximum Gasteiger partial charge on any atom is 0.345 e. The van der Waals surface area contributed by atoms with Gasteiger partial charge in [0.1, 0.15) is 0 Å². The Morgan fingerprint density at radius 2 is 0.594 bits per heavy atom. The highest BCUT2D eigenvalue weighted by atomic mass is 35.8. The standard InChI is InChI=1S/C24H48Cl6Si2/c1-2-3-4-5-6-7-8-9-10-11-12-13-14-15-16-17-18-19-20-21-22-23-24(31(25,26)27)32(28,29)30/h24H,2-23H2,1H3. The summed E-state index contributed by atoms with van der Waals surface area (Å²) in [5.41, 5.74) is 0. The average molecular weight is 606 g/mol. The van der Waals surface area contributed by atoms with E-state index in [0.717, 1.165) is 19.3 Å². The van der Waals surface area contributed by atoms with Crippen molar-refractivity contribution in [3.05, 3.63) is 0 Å². The Kier molecular flexibility index (Phi) is 23.9. The summed E-state index contributed by atoms with van der Waals surface area (Å²) in [7, 11) is 0. The van der Waals surface area contributed by atoms with Crippen molar-refractivity contribution in [1.29, 1.82) is 0 Å². The topological polar surface area (TPSA) is 0 Å². The number of halogens is 6. The fourth-order valence-electron chi connectivity index (χ4n) is 4.29. The molecule has 0 saturated carbocycles. The van der Waals surface area contributed by atoms with Crippen LogP contribution in [0.3, 0.4) is 0 Å². The second-order valence-corrected chi connectivity index (χ2v) is 27.8. The molecular formula is C24H48Cl6Si2. The third kappa shape index (κ3) is 22.6.